The molecule has 33 heavy (non-hydrogen) atoms. The molecule has 2 heterocycles. The number of amides is 1. The lowest BCUT2D eigenvalue weighted by molar-refractivity contribution is -0.201. The van der Waals surface area contributed by atoms with E-state index in [1.54, 1.807) is 24.3 Å². The number of nitrogens with one attached hydrogen (secondary N) is 2. The molecule has 2 aliphatic rings. The van der Waals surface area contributed by atoms with Gasteiger partial charge in [-0.1, -0.05) is 31.4 Å². The molecule has 1 atom stereocenters. The number of rotatable bonds is 8. The molecule has 0 spiro atoms. The second-order valence-electron chi connectivity index (χ2n) is 8.69. The van der Waals surface area contributed by atoms with E-state index >= 15 is 0 Å². The van der Waals surface area contributed by atoms with Crippen LogP contribution in [0.4, 0.5) is 4.39 Å². The zero-order valence-corrected chi connectivity index (χ0v) is 20.0. The molecule has 1 saturated carbocycles. The first kappa shape index (κ1) is 24.3. The van der Waals surface area contributed by atoms with Crippen molar-refractivity contribution in [3.8, 4) is 10.4 Å². The van der Waals surface area contributed by atoms with Crippen LogP contribution in [0.1, 0.15) is 57.8 Å². The number of benzene rings is 1. The zero-order valence-electron chi connectivity index (χ0n) is 18.3. The largest absolute Gasteiger partial charge is 0.350 e. The highest BCUT2D eigenvalue weighted by Crippen LogP contribution is 2.35. The number of sulfonamides is 1. The van der Waals surface area contributed by atoms with E-state index in [0.717, 1.165) is 53.9 Å². The predicted octanol–water partition coefficient (Wildman–Crippen LogP) is 4.50. The molecule has 180 valence electrons. The molecule has 1 aliphatic carbocycles. The minimum Gasteiger partial charge on any atom is -0.350 e. The number of hydroxylamine groups is 1. The third kappa shape index (κ3) is 6.39. The smallest absolute Gasteiger partial charge is 0.250 e. The van der Waals surface area contributed by atoms with Gasteiger partial charge >= 0.3 is 0 Å². The van der Waals surface area contributed by atoms with Crippen molar-refractivity contribution in [3.05, 3.63) is 42.2 Å². The number of hydrogen-bond acceptors (Lipinski definition) is 6. The molecule has 2 fully saturated rings. The van der Waals surface area contributed by atoms with Gasteiger partial charge in [0.05, 0.1) is 0 Å². The van der Waals surface area contributed by atoms with Crippen LogP contribution < -0.4 is 10.2 Å². The topological polar surface area (TPSA) is 93.7 Å². The molecular formula is C23H29FN2O5S2. The summed E-state index contributed by atoms with van der Waals surface area (Å²) < 4.78 is 48.2. The van der Waals surface area contributed by atoms with Gasteiger partial charge in [0.2, 0.25) is 5.91 Å². The minimum atomic E-state index is -3.85. The molecular weight excluding hydrogens is 467 g/mol. The Morgan fingerprint density at radius 1 is 1.09 bits per heavy atom. The zero-order chi connectivity index (χ0) is 23.3. The Balaban J connectivity index is 1.44. The van der Waals surface area contributed by atoms with Crippen LogP contribution in [0.5, 0.6) is 0 Å². The number of hydrogen-bond donors (Lipinski definition) is 2. The fourth-order valence-corrected chi connectivity index (χ4v) is 7.16. The molecule has 2 aromatic rings. The van der Waals surface area contributed by atoms with Crippen molar-refractivity contribution in [2.75, 3.05) is 6.61 Å². The van der Waals surface area contributed by atoms with E-state index < -0.39 is 21.9 Å². The van der Waals surface area contributed by atoms with Crippen LogP contribution in [0.25, 0.3) is 10.4 Å². The summed E-state index contributed by atoms with van der Waals surface area (Å²) >= 11 is 1.12. The fraction of sp³-hybridized carbons (Fsp3) is 0.522. The van der Waals surface area contributed by atoms with Crippen LogP contribution in [0.3, 0.4) is 0 Å². The number of halogens is 1. The lowest BCUT2D eigenvalue weighted by Gasteiger charge is -2.37. The molecule has 1 aliphatic heterocycles. The van der Waals surface area contributed by atoms with Crippen LogP contribution in [-0.4, -0.2) is 32.8 Å². The lowest BCUT2D eigenvalue weighted by atomic mass is 9.80. The summed E-state index contributed by atoms with van der Waals surface area (Å²) in [6.45, 7) is 0.602. The molecule has 1 unspecified atom stereocenters. The lowest BCUT2D eigenvalue weighted by Crippen LogP contribution is -2.52. The summed E-state index contributed by atoms with van der Waals surface area (Å²) in [5, 5.41) is 0. The first-order chi connectivity index (χ1) is 15.9. The Kier molecular flexibility index (Phi) is 7.80. The van der Waals surface area contributed by atoms with Crippen molar-refractivity contribution >= 4 is 27.3 Å². The highest BCUT2D eigenvalue weighted by molar-refractivity contribution is 7.91. The molecule has 2 N–H and O–H groups in total. The van der Waals surface area contributed by atoms with Gasteiger partial charge < -0.3 is 4.74 Å². The van der Waals surface area contributed by atoms with Gasteiger partial charge in [0.1, 0.15) is 10.0 Å². The Morgan fingerprint density at radius 2 is 1.85 bits per heavy atom. The highest BCUT2D eigenvalue weighted by atomic mass is 32.2. The van der Waals surface area contributed by atoms with Crippen molar-refractivity contribution < 1.29 is 27.2 Å². The normalized spacial score (nSPS) is 20.9. The quantitative estimate of drug-likeness (QED) is 0.525. The van der Waals surface area contributed by atoms with Gasteiger partial charge in [-0.3, -0.25) is 4.79 Å². The molecule has 10 heteroatoms. The number of ether oxygens (including phenoxy) is 1. The summed E-state index contributed by atoms with van der Waals surface area (Å²) in [5.74, 6) is -0.715. The summed E-state index contributed by atoms with van der Waals surface area (Å²) in [5.41, 5.74) is 2.34. The van der Waals surface area contributed by atoms with E-state index in [0.29, 0.717) is 25.9 Å². The first-order valence-corrected chi connectivity index (χ1v) is 13.6. The van der Waals surface area contributed by atoms with E-state index in [1.807, 2.05) is 0 Å². The van der Waals surface area contributed by atoms with Crippen LogP contribution in [0.15, 0.2) is 40.6 Å². The third-order valence-corrected chi connectivity index (χ3v) is 9.28. The summed E-state index contributed by atoms with van der Waals surface area (Å²) in [6.07, 6.45) is 6.05. The molecule has 7 nitrogen and oxygen atoms in total. The van der Waals surface area contributed by atoms with E-state index in [4.69, 9.17) is 9.57 Å². The molecule has 1 aromatic heterocycles. The second-order valence-corrected chi connectivity index (χ2v) is 11.7. The van der Waals surface area contributed by atoms with Crippen molar-refractivity contribution in [2.45, 2.75) is 73.8 Å². The molecule has 1 amide bonds. The molecule has 4 rings (SSSR count). The summed E-state index contributed by atoms with van der Waals surface area (Å²) in [7, 11) is -3.85. The maximum Gasteiger partial charge on any atom is 0.250 e. The number of carbonyl (C=O) groups is 1. The fourth-order valence-electron chi connectivity index (χ4n) is 4.39. The monoisotopic (exact) mass is 496 g/mol. The van der Waals surface area contributed by atoms with Gasteiger partial charge in [-0.15, -0.1) is 11.3 Å². The van der Waals surface area contributed by atoms with Crippen LogP contribution >= 0.6 is 11.3 Å². The molecule has 1 saturated heterocycles. The Morgan fingerprint density at radius 3 is 2.55 bits per heavy atom. The minimum absolute atomic E-state index is 0.00482. The average molecular weight is 497 g/mol. The predicted molar refractivity (Wildman–Crippen MR) is 123 cm³/mol. The Bertz CT molecular complexity index is 1040. The Labute approximate surface area is 197 Å². The number of carbonyl (C=O) groups excluding carboxylic acids is 1. The van der Waals surface area contributed by atoms with Gasteiger partial charge in [-0.2, -0.15) is 0 Å². The van der Waals surface area contributed by atoms with Crippen molar-refractivity contribution in [2.24, 2.45) is 0 Å². The van der Waals surface area contributed by atoms with Gasteiger partial charge in [-0.05, 0) is 55.5 Å². The Hall–Kier alpha value is -1.85. The number of thiophene rings is 1. The standard InChI is InChI=1S/C23H29FN2O5S2/c24-18-9-7-17(8-10-18)19-11-12-22(32-19)33(28,29)26-23(13-3-1-4-14-23)16-20(27)25-31-21-6-2-5-15-30-21/h7-12,21,26H,1-6,13-16H2,(H,25,27). The highest BCUT2D eigenvalue weighted by Gasteiger charge is 2.39. The van der Waals surface area contributed by atoms with Crippen LogP contribution in [-0.2, 0) is 24.4 Å². The van der Waals surface area contributed by atoms with Crippen molar-refractivity contribution in [1.29, 1.82) is 0 Å². The van der Waals surface area contributed by atoms with E-state index in [9.17, 15) is 17.6 Å². The van der Waals surface area contributed by atoms with E-state index in [1.165, 1.54) is 12.1 Å². The van der Waals surface area contributed by atoms with E-state index in [-0.39, 0.29) is 22.4 Å². The second kappa shape index (κ2) is 10.6. The summed E-state index contributed by atoms with van der Waals surface area (Å²) in [6, 6.07) is 9.19. The van der Waals surface area contributed by atoms with Gasteiger partial charge in [0, 0.05) is 29.9 Å². The van der Waals surface area contributed by atoms with E-state index in [2.05, 4.69) is 10.2 Å². The SMILES string of the molecule is O=C(CC1(NS(=O)(=O)c2ccc(-c3ccc(F)cc3)s2)CCCCC1)NOC1CCCCO1. The van der Waals surface area contributed by atoms with Crippen molar-refractivity contribution in [1.82, 2.24) is 10.2 Å². The van der Waals surface area contributed by atoms with Gasteiger partial charge in [0.25, 0.3) is 10.0 Å². The average Bonchev–Trinajstić information content (AvgIpc) is 3.31. The van der Waals surface area contributed by atoms with Gasteiger partial charge in [0.15, 0.2) is 6.29 Å². The maximum atomic E-state index is 13.2. The molecule has 1 aromatic carbocycles. The van der Waals surface area contributed by atoms with Crippen molar-refractivity contribution in [3.63, 3.8) is 0 Å². The van der Waals surface area contributed by atoms with Crippen LogP contribution in [0, 0.1) is 5.82 Å². The van der Waals surface area contributed by atoms with Gasteiger partial charge in [-0.25, -0.2) is 27.8 Å². The van der Waals surface area contributed by atoms with Crippen LogP contribution in [0.2, 0.25) is 0 Å². The molecule has 0 bridgehead atoms. The maximum absolute atomic E-state index is 13.2. The first-order valence-electron chi connectivity index (χ1n) is 11.3. The third-order valence-electron chi connectivity index (χ3n) is 6.08. The molecule has 0 radical (unpaired) electrons. The summed E-state index contributed by atoms with van der Waals surface area (Å²) in [4.78, 5) is 18.8.